The maximum atomic E-state index is 10.1. The Balaban J connectivity index is 3.56. The van der Waals surface area contributed by atoms with Crippen LogP contribution in [0.3, 0.4) is 0 Å². The van der Waals surface area contributed by atoms with Crippen molar-refractivity contribution in [3.63, 3.8) is 0 Å². The highest BCUT2D eigenvalue weighted by atomic mass is 16.3. The van der Waals surface area contributed by atoms with E-state index in [-0.39, 0.29) is 12.5 Å². The normalized spacial score (nSPS) is 14.0. The first-order valence-corrected chi connectivity index (χ1v) is 2.75. The Morgan fingerprint density at radius 3 is 2.78 bits per heavy atom. The lowest BCUT2D eigenvalue weighted by atomic mass is 10.2. The zero-order valence-electron chi connectivity index (χ0n) is 5.37. The van der Waals surface area contributed by atoms with Crippen molar-refractivity contribution in [1.29, 1.82) is 0 Å². The Morgan fingerprint density at radius 2 is 2.44 bits per heavy atom. The Hall–Kier alpha value is -0.830. The number of hydrogen-bond acceptors (Lipinski definition) is 2. The molecule has 0 aliphatic rings. The van der Waals surface area contributed by atoms with Crippen LogP contribution in [-0.2, 0) is 4.79 Å². The van der Waals surface area contributed by atoms with Crippen molar-refractivity contribution in [2.45, 2.75) is 6.92 Å². The summed E-state index contributed by atoms with van der Waals surface area (Å²) in [7, 11) is 0. The molecule has 0 aliphatic carbocycles. The Labute approximate surface area is 54.2 Å². The number of nitrogens with two attached hydrogens (primary N) is 1. The molecule has 3 heteroatoms. The second-order valence-electron chi connectivity index (χ2n) is 1.92. The molecule has 0 fully saturated rings. The van der Waals surface area contributed by atoms with Crippen LogP contribution in [0.2, 0.25) is 0 Å². The van der Waals surface area contributed by atoms with Crippen LogP contribution in [0, 0.1) is 5.92 Å². The van der Waals surface area contributed by atoms with Crippen molar-refractivity contribution < 1.29 is 9.90 Å². The summed E-state index contributed by atoms with van der Waals surface area (Å²) < 4.78 is 0. The molecule has 3 nitrogen and oxygen atoms in total. The van der Waals surface area contributed by atoms with Crippen molar-refractivity contribution >= 4 is 5.91 Å². The number of amides is 1. The Kier molecular flexibility index (Phi) is 3.71. The average Bonchev–Trinajstić information content (AvgIpc) is 1.83. The summed E-state index contributed by atoms with van der Waals surface area (Å²) in [5.41, 5.74) is 4.79. The van der Waals surface area contributed by atoms with Gasteiger partial charge in [-0.15, -0.1) is 0 Å². The highest BCUT2D eigenvalue weighted by molar-refractivity contribution is 5.85. The van der Waals surface area contributed by atoms with Gasteiger partial charge >= 0.3 is 0 Å². The second kappa shape index (κ2) is 4.09. The van der Waals surface area contributed by atoms with Crippen LogP contribution in [0.25, 0.3) is 0 Å². The van der Waals surface area contributed by atoms with Crippen molar-refractivity contribution in [2.24, 2.45) is 11.7 Å². The molecule has 0 heterocycles. The summed E-state index contributed by atoms with van der Waals surface area (Å²) in [5, 5.41) is 8.44. The van der Waals surface area contributed by atoms with E-state index >= 15 is 0 Å². The van der Waals surface area contributed by atoms with Gasteiger partial charge in [-0.2, -0.15) is 0 Å². The van der Waals surface area contributed by atoms with Gasteiger partial charge in [0.15, 0.2) is 0 Å². The third-order valence-electron chi connectivity index (χ3n) is 0.877. The third kappa shape index (κ3) is 5.03. The molecule has 0 spiro atoms. The fraction of sp³-hybridized carbons (Fsp3) is 0.500. The molecule has 1 atom stereocenters. The summed E-state index contributed by atoms with van der Waals surface area (Å²) in [6.45, 7) is 1.84. The van der Waals surface area contributed by atoms with Gasteiger partial charge in [0.2, 0.25) is 5.91 Å². The number of primary amides is 1. The molecule has 0 saturated heterocycles. The topological polar surface area (TPSA) is 63.3 Å². The lowest BCUT2D eigenvalue weighted by Crippen LogP contribution is -2.07. The molecule has 9 heavy (non-hydrogen) atoms. The number of hydrogen-bond donors (Lipinski definition) is 2. The molecule has 0 radical (unpaired) electrons. The zero-order chi connectivity index (χ0) is 7.28. The van der Waals surface area contributed by atoms with Gasteiger partial charge in [-0.3, -0.25) is 4.79 Å². The van der Waals surface area contributed by atoms with Crippen LogP contribution < -0.4 is 5.73 Å². The van der Waals surface area contributed by atoms with E-state index in [1.54, 1.807) is 13.0 Å². The van der Waals surface area contributed by atoms with E-state index in [4.69, 9.17) is 10.8 Å². The molecule has 52 valence electrons. The maximum Gasteiger partial charge on any atom is 0.241 e. The van der Waals surface area contributed by atoms with E-state index in [0.717, 1.165) is 0 Å². The largest absolute Gasteiger partial charge is 0.396 e. The zero-order valence-corrected chi connectivity index (χ0v) is 5.37. The maximum absolute atomic E-state index is 10.1. The standard InChI is InChI=1S/C6H11NO2/c1-5(4-8)2-3-6(7)9/h2-3,5,8H,4H2,1H3,(H2,7,9). The van der Waals surface area contributed by atoms with E-state index in [9.17, 15) is 4.79 Å². The summed E-state index contributed by atoms with van der Waals surface area (Å²) in [5.74, 6) is -0.465. The van der Waals surface area contributed by atoms with E-state index in [2.05, 4.69) is 0 Å². The number of rotatable bonds is 3. The minimum atomic E-state index is -0.477. The van der Waals surface area contributed by atoms with Gasteiger partial charge in [-0.25, -0.2) is 0 Å². The van der Waals surface area contributed by atoms with E-state index in [1.807, 2.05) is 0 Å². The van der Waals surface area contributed by atoms with Gasteiger partial charge in [0, 0.05) is 6.61 Å². The van der Waals surface area contributed by atoms with Crippen molar-refractivity contribution in [3.05, 3.63) is 12.2 Å². The third-order valence-corrected chi connectivity index (χ3v) is 0.877. The Morgan fingerprint density at radius 1 is 1.89 bits per heavy atom. The van der Waals surface area contributed by atoms with Crippen molar-refractivity contribution in [2.75, 3.05) is 6.61 Å². The summed E-state index contributed by atoms with van der Waals surface area (Å²) in [6.07, 6.45) is 2.82. The Bertz CT molecular complexity index is 120. The highest BCUT2D eigenvalue weighted by Gasteiger charge is 1.91. The summed E-state index contributed by atoms with van der Waals surface area (Å²) in [6, 6.07) is 0. The van der Waals surface area contributed by atoms with Gasteiger partial charge in [-0.05, 0) is 12.0 Å². The lowest BCUT2D eigenvalue weighted by Gasteiger charge is -1.95. The smallest absolute Gasteiger partial charge is 0.241 e. The molecular formula is C6H11NO2. The van der Waals surface area contributed by atoms with Gasteiger partial charge in [0.25, 0.3) is 0 Å². The second-order valence-corrected chi connectivity index (χ2v) is 1.92. The van der Waals surface area contributed by atoms with E-state index in [0.29, 0.717) is 0 Å². The molecule has 0 aliphatic heterocycles. The minimum absolute atomic E-state index is 0.0116. The first-order chi connectivity index (χ1) is 4.16. The van der Waals surface area contributed by atoms with Crippen molar-refractivity contribution in [1.82, 2.24) is 0 Å². The fourth-order valence-corrected chi connectivity index (χ4v) is 0.320. The van der Waals surface area contributed by atoms with E-state index < -0.39 is 5.91 Å². The van der Waals surface area contributed by atoms with Crippen LogP contribution in [-0.4, -0.2) is 17.6 Å². The molecule has 0 aromatic rings. The number of aliphatic hydroxyl groups excluding tert-OH is 1. The summed E-state index contributed by atoms with van der Waals surface area (Å²) >= 11 is 0. The molecule has 0 saturated carbocycles. The SMILES string of the molecule is CC(C=CC(N)=O)CO. The van der Waals surface area contributed by atoms with Gasteiger partial charge in [0.1, 0.15) is 0 Å². The summed E-state index contributed by atoms with van der Waals surface area (Å²) in [4.78, 5) is 10.1. The van der Waals surface area contributed by atoms with Crippen molar-refractivity contribution in [3.8, 4) is 0 Å². The number of aliphatic hydroxyl groups is 1. The first kappa shape index (κ1) is 8.17. The van der Waals surface area contributed by atoms with Crippen LogP contribution in [0.1, 0.15) is 6.92 Å². The molecule has 0 aromatic carbocycles. The molecule has 1 amide bonds. The molecule has 3 N–H and O–H groups in total. The quantitative estimate of drug-likeness (QED) is 0.512. The molecule has 1 unspecified atom stereocenters. The predicted octanol–water partition coefficient (Wildman–Crippen LogP) is -0.344. The van der Waals surface area contributed by atoms with Gasteiger partial charge < -0.3 is 10.8 Å². The monoisotopic (exact) mass is 129 g/mol. The number of carbonyl (C=O) groups is 1. The predicted molar refractivity (Wildman–Crippen MR) is 34.6 cm³/mol. The number of carbonyl (C=O) groups excluding carboxylic acids is 1. The van der Waals surface area contributed by atoms with Gasteiger partial charge in [0.05, 0.1) is 0 Å². The lowest BCUT2D eigenvalue weighted by molar-refractivity contribution is -0.113. The van der Waals surface area contributed by atoms with Crippen LogP contribution in [0.5, 0.6) is 0 Å². The molecule has 0 bridgehead atoms. The fourth-order valence-electron chi connectivity index (χ4n) is 0.320. The van der Waals surface area contributed by atoms with Gasteiger partial charge in [-0.1, -0.05) is 13.0 Å². The molecule has 0 rings (SSSR count). The minimum Gasteiger partial charge on any atom is -0.396 e. The average molecular weight is 129 g/mol. The van der Waals surface area contributed by atoms with E-state index in [1.165, 1.54) is 6.08 Å². The van der Waals surface area contributed by atoms with Crippen LogP contribution in [0.15, 0.2) is 12.2 Å². The molecule has 0 aromatic heterocycles. The molecular weight excluding hydrogens is 118 g/mol. The van der Waals surface area contributed by atoms with Crippen LogP contribution >= 0.6 is 0 Å². The van der Waals surface area contributed by atoms with Crippen LogP contribution in [0.4, 0.5) is 0 Å². The first-order valence-electron chi connectivity index (χ1n) is 2.75. The highest BCUT2D eigenvalue weighted by Crippen LogP contribution is 1.92.